The number of nitrogens with zero attached hydrogens (tertiary/aromatic N) is 1. The van der Waals surface area contributed by atoms with Crippen molar-refractivity contribution in [2.75, 3.05) is 0 Å². The van der Waals surface area contributed by atoms with E-state index in [2.05, 4.69) is 10.5 Å². The van der Waals surface area contributed by atoms with Gasteiger partial charge in [0, 0.05) is 0 Å². The molecule has 2 aromatic rings. The second-order valence-corrected chi connectivity index (χ2v) is 5.27. The summed E-state index contributed by atoms with van der Waals surface area (Å²) in [7, 11) is 0. The minimum Gasteiger partial charge on any atom is -0.443 e. The van der Waals surface area contributed by atoms with E-state index in [1.165, 1.54) is 5.56 Å². The molecule has 0 aliphatic carbocycles. The summed E-state index contributed by atoms with van der Waals surface area (Å²) in [6.07, 6.45) is -0.554. The summed E-state index contributed by atoms with van der Waals surface area (Å²) in [5, 5.41) is 6.07. The van der Waals surface area contributed by atoms with Crippen LogP contribution in [0.4, 0.5) is 4.79 Å². The molecule has 0 bridgehead atoms. The number of carbonyl (C=O) groups excluding carboxylic acids is 1. The fraction of sp³-hybridized carbons (Fsp3) is 0.200. The van der Waals surface area contributed by atoms with Gasteiger partial charge in [-0.25, -0.2) is 10.2 Å². The van der Waals surface area contributed by atoms with Crippen molar-refractivity contribution in [2.24, 2.45) is 5.10 Å². The molecule has 1 N–H and O–H groups in total. The molecule has 4 nitrogen and oxygen atoms in total. The number of rotatable bonds is 4. The highest BCUT2D eigenvalue weighted by molar-refractivity contribution is 7.12. The molecule has 1 amide bonds. The number of nitrogens with one attached hydrogen (secondary N) is 1. The summed E-state index contributed by atoms with van der Waals surface area (Å²) in [5.74, 6) is 0. The van der Waals surface area contributed by atoms with Gasteiger partial charge in [0.15, 0.2) is 0 Å². The number of benzene rings is 1. The van der Waals surface area contributed by atoms with Crippen LogP contribution < -0.4 is 5.43 Å². The number of aryl methyl sites for hydroxylation is 1. The molecule has 0 aliphatic heterocycles. The van der Waals surface area contributed by atoms with E-state index < -0.39 is 6.09 Å². The lowest BCUT2D eigenvalue weighted by Gasteiger charge is -2.04. The molecule has 0 saturated carbocycles. The highest BCUT2D eigenvalue weighted by Gasteiger charge is 2.04. The number of hydrogen-bond donors (Lipinski definition) is 1. The second kappa shape index (κ2) is 6.86. The van der Waals surface area contributed by atoms with E-state index in [-0.39, 0.29) is 6.61 Å². The lowest BCUT2D eigenvalue weighted by atomic mass is 10.2. The highest BCUT2D eigenvalue weighted by Crippen LogP contribution is 2.14. The number of amides is 1. The van der Waals surface area contributed by atoms with Crippen molar-refractivity contribution in [3.63, 3.8) is 0 Å². The molecule has 2 rings (SSSR count). The van der Waals surface area contributed by atoms with Gasteiger partial charge in [0.05, 0.1) is 10.6 Å². The minimum atomic E-state index is -0.554. The molecule has 0 atom stereocenters. The average Bonchev–Trinajstić information content (AvgIpc) is 2.90. The molecule has 104 valence electrons. The Morgan fingerprint density at radius 3 is 2.75 bits per heavy atom. The van der Waals surface area contributed by atoms with Gasteiger partial charge >= 0.3 is 6.09 Å². The first kappa shape index (κ1) is 14.3. The molecule has 0 spiro atoms. The molecular formula is C15H16N2O2S. The molecule has 0 saturated heterocycles. The first-order chi connectivity index (χ1) is 9.65. The zero-order valence-corrected chi connectivity index (χ0v) is 12.2. The Bertz CT molecular complexity index is 605. The monoisotopic (exact) mass is 288 g/mol. The van der Waals surface area contributed by atoms with Gasteiger partial charge in [-0.3, -0.25) is 0 Å². The third kappa shape index (κ3) is 4.20. The maximum atomic E-state index is 11.5. The van der Waals surface area contributed by atoms with Gasteiger partial charge in [-0.2, -0.15) is 5.10 Å². The highest BCUT2D eigenvalue weighted by atomic mass is 32.1. The third-order valence-corrected chi connectivity index (χ3v) is 3.77. The fourth-order valence-corrected chi connectivity index (χ4v) is 2.41. The van der Waals surface area contributed by atoms with Gasteiger partial charge in [-0.1, -0.05) is 30.3 Å². The van der Waals surface area contributed by atoms with Crippen LogP contribution in [-0.2, 0) is 11.3 Å². The van der Waals surface area contributed by atoms with Crippen LogP contribution in [0.15, 0.2) is 46.9 Å². The zero-order valence-electron chi connectivity index (χ0n) is 11.4. The van der Waals surface area contributed by atoms with E-state index in [4.69, 9.17) is 4.74 Å². The van der Waals surface area contributed by atoms with Crippen molar-refractivity contribution in [1.82, 2.24) is 5.43 Å². The summed E-state index contributed by atoms with van der Waals surface area (Å²) < 4.78 is 5.07. The Labute approximate surface area is 122 Å². The maximum absolute atomic E-state index is 11.5. The van der Waals surface area contributed by atoms with Crippen LogP contribution in [0.5, 0.6) is 0 Å². The largest absolute Gasteiger partial charge is 0.443 e. The summed E-state index contributed by atoms with van der Waals surface area (Å²) >= 11 is 1.60. The van der Waals surface area contributed by atoms with E-state index in [0.29, 0.717) is 0 Å². The Kier molecular flexibility index (Phi) is 4.90. The SMILES string of the molecule is C/C(=N\NC(=O)OCc1ccccc1)c1cc(C)cs1. The van der Waals surface area contributed by atoms with Crippen molar-refractivity contribution in [2.45, 2.75) is 20.5 Å². The second-order valence-electron chi connectivity index (χ2n) is 4.36. The number of thiophene rings is 1. The third-order valence-electron chi connectivity index (χ3n) is 2.61. The average molecular weight is 288 g/mol. The summed E-state index contributed by atoms with van der Waals surface area (Å²) in [6, 6.07) is 11.5. The van der Waals surface area contributed by atoms with E-state index in [1.807, 2.05) is 55.6 Å². The van der Waals surface area contributed by atoms with E-state index in [0.717, 1.165) is 16.2 Å². The van der Waals surface area contributed by atoms with Gasteiger partial charge in [0.25, 0.3) is 0 Å². The van der Waals surface area contributed by atoms with Gasteiger partial charge in [-0.05, 0) is 36.4 Å². The van der Waals surface area contributed by atoms with Crippen molar-refractivity contribution < 1.29 is 9.53 Å². The number of hydrogen-bond acceptors (Lipinski definition) is 4. The van der Waals surface area contributed by atoms with Crippen LogP contribution in [0.1, 0.15) is 22.9 Å². The van der Waals surface area contributed by atoms with E-state index in [1.54, 1.807) is 11.3 Å². The van der Waals surface area contributed by atoms with Crippen molar-refractivity contribution in [3.05, 3.63) is 57.8 Å². The molecule has 0 radical (unpaired) electrons. The lowest BCUT2D eigenvalue weighted by molar-refractivity contribution is 0.140. The standard InChI is InChI=1S/C15H16N2O2S/c1-11-8-14(20-10-11)12(2)16-17-15(18)19-9-13-6-4-3-5-7-13/h3-8,10H,9H2,1-2H3,(H,17,18)/b16-12+. The molecule has 1 heterocycles. The van der Waals surface area contributed by atoms with Crippen molar-refractivity contribution in [3.8, 4) is 0 Å². The van der Waals surface area contributed by atoms with E-state index >= 15 is 0 Å². The normalized spacial score (nSPS) is 11.2. The first-order valence-corrected chi connectivity index (χ1v) is 7.09. The zero-order chi connectivity index (χ0) is 14.4. The predicted octanol–water partition coefficient (Wildman–Crippen LogP) is 3.71. The van der Waals surface area contributed by atoms with Crippen molar-refractivity contribution >= 4 is 23.1 Å². The number of ether oxygens (including phenoxy) is 1. The van der Waals surface area contributed by atoms with Gasteiger partial charge in [-0.15, -0.1) is 11.3 Å². The van der Waals surface area contributed by atoms with E-state index in [9.17, 15) is 4.79 Å². The van der Waals surface area contributed by atoms with Crippen LogP contribution in [0.25, 0.3) is 0 Å². The molecule has 0 unspecified atom stereocenters. The minimum absolute atomic E-state index is 0.235. The molecule has 1 aromatic heterocycles. The van der Waals surface area contributed by atoms with Crippen LogP contribution >= 0.6 is 11.3 Å². The van der Waals surface area contributed by atoms with Crippen LogP contribution in [0, 0.1) is 6.92 Å². The summed E-state index contributed by atoms with van der Waals surface area (Å²) in [4.78, 5) is 12.6. The molecule has 1 aromatic carbocycles. The number of hydrazone groups is 1. The van der Waals surface area contributed by atoms with Gasteiger partial charge in [0.2, 0.25) is 0 Å². The quantitative estimate of drug-likeness (QED) is 0.689. The number of carbonyl (C=O) groups is 1. The summed E-state index contributed by atoms with van der Waals surface area (Å²) in [6.45, 7) is 4.11. The Morgan fingerprint density at radius 2 is 2.10 bits per heavy atom. The maximum Gasteiger partial charge on any atom is 0.428 e. The predicted molar refractivity (Wildman–Crippen MR) is 81.0 cm³/mol. The van der Waals surface area contributed by atoms with Crippen LogP contribution in [-0.4, -0.2) is 11.8 Å². The van der Waals surface area contributed by atoms with Crippen LogP contribution in [0.3, 0.4) is 0 Å². The van der Waals surface area contributed by atoms with Gasteiger partial charge in [0.1, 0.15) is 6.61 Å². The molecule has 20 heavy (non-hydrogen) atoms. The molecule has 0 fully saturated rings. The first-order valence-electron chi connectivity index (χ1n) is 6.21. The molecule has 5 heteroatoms. The topological polar surface area (TPSA) is 50.7 Å². The summed E-state index contributed by atoms with van der Waals surface area (Å²) in [5.41, 5.74) is 5.29. The smallest absolute Gasteiger partial charge is 0.428 e. The van der Waals surface area contributed by atoms with Gasteiger partial charge < -0.3 is 4.74 Å². The van der Waals surface area contributed by atoms with Crippen LogP contribution in [0.2, 0.25) is 0 Å². The Hall–Kier alpha value is -2.14. The molecular weight excluding hydrogens is 272 g/mol. The molecule has 0 aliphatic rings. The van der Waals surface area contributed by atoms with Crippen molar-refractivity contribution in [1.29, 1.82) is 0 Å². The fourth-order valence-electron chi connectivity index (χ4n) is 1.56. The Balaban J connectivity index is 1.83. The Morgan fingerprint density at radius 1 is 1.35 bits per heavy atom. The lowest BCUT2D eigenvalue weighted by Crippen LogP contribution is -2.20.